The maximum atomic E-state index is 2.42. The van der Waals surface area contributed by atoms with Gasteiger partial charge in [-0.1, -0.05) is 115 Å². The van der Waals surface area contributed by atoms with E-state index in [1.165, 1.54) is 88.0 Å². The van der Waals surface area contributed by atoms with Crippen molar-refractivity contribution in [1.29, 1.82) is 0 Å². The second kappa shape index (κ2) is 8.41. The van der Waals surface area contributed by atoms with Gasteiger partial charge in [0.2, 0.25) is 0 Å². The lowest BCUT2D eigenvalue weighted by molar-refractivity contribution is 1.26. The summed E-state index contributed by atoms with van der Waals surface area (Å²) in [5.74, 6) is 0. The number of hydrogen-bond acceptors (Lipinski definition) is 0. The lowest BCUT2D eigenvalue weighted by atomic mass is 9.90. The molecule has 0 unspecified atom stereocenters. The Morgan fingerprint density at radius 1 is 0.359 bits per heavy atom. The molecule has 8 rings (SSSR count). The van der Waals surface area contributed by atoms with Gasteiger partial charge in [0.05, 0.1) is 0 Å². The summed E-state index contributed by atoms with van der Waals surface area (Å²) in [6, 6.07) is 45.3. The standard InChI is InChI=1S/C39H28/c1-24-17-18-26(21-25(24)2)28-13-7-15-34-35-16-8-14-29(39(35)23-38(28)34)27-19-20-36-32-11-4-3-9-30(32)31-10-5-6-12-33(31)37(36)22-27/h3-22H,23H2,1-2H3. The molecule has 0 fully saturated rings. The van der Waals surface area contributed by atoms with Crippen molar-refractivity contribution < 1.29 is 0 Å². The van der Waals surface area contributed by atoms with E-state index < -0.39 is 0 Å². The first kappa shape index (κ1) is 22.3. The van der Waals surface area contributed by atoms with Crippen molar-refractivity contribution in [3.63, 3.8) is 0 Å². The van der Waals surface area contributed by atoms with Gasteiger partial charge in [0, 0.05) is 0 Å². The first-order valence-electron chi connectivity index (χ1n) is 13.8. The molecule has 7 aromatic carbocycles. The van der Waals surface area contributed by atoms with Crippen LogP contribution >= 0.6 is 0 Å². The molecule has 0 spiro atoms. The van der Waals surface area contributed by atoms with Crippen molar-refractivity contribution in [2.75, 3.05) is 0 Å². The Hall–Kier alpha value is -4.68. The average molecular weight is 497 g/mol. The Bertz CT molecular complexity index is 2070. The summed E-state index contributed by atoms with van der Waals surface area (Å²) in [5, 5.41) is 7.93. The molecule has 0 atom stereocenters. The van der Waals surface area contributed by atoms with Gasteiger partial charge in [-0.3, -0.25) is 0 Å². The van der Waals surface area contributed by atoms with Crippen molar-refractivity contribution in [2.24, 2.45) is 0 Å². The predicted molar refractivity (Wildman–Crippen MR) is 168 cm³/mol. The zero-order valence-corrected chi connectivity index (χ0v) is 22.3. The van der Waals surface area contributed by atoms with Crippen molar-refractivity contribution >= 4 is 32.3 Å². The van der Waals surface area contributed by atoms with E-state index >= 15 is 0 Å². The largest absolute Gasteiger partial charge is 0.0616 e. The van der Waals surface area contributed by atoms with Gasteiger partial charge in [0.1, 0.15) is 0 Å². The minimum absolute atomic E-state index is 0.959. The first-order chi connectivity index (χ1) is 19.2. The van der Waals surface area contributed by atoms with E-state index in [1.54, 1.807) is 0 Å². The molecule has 0 N–H and O–H groups in total. The number of rotatable bonds is 2. The van der Waals surface area contributed by atoms with E-state index in [1.807, 2.05) is 0 Å². The Kier molecular flexibility index (Phi) is 4.81. The second-order valence-corrected chi connectivity index (χ2v) is 11.0. The molecule has 0 amide bonds. The van der Waals surface area contributed by atoms with E-state index in [9.17, 15) is 0 Å². The minimum Gasteiger partial charge on any atom is -0.0616 e. The Balaban J connectivity index is 1.32. The van der Waals surface area contributed by atoms with E-state index in [0.717, 1.165) is 6.42 Å². The quantitative estimate of drug-likeness (QED) is 0.209. The van der Waals surface area contributed by atoms with Crippen LogP contribution in [0.25, 0.3) is 65.7 Å². The van der Waals surface area contributed by atoms with Crippen LogP contribution in [0, 0.1) is 13.8 Å². The summed E-state index contributed by atoms with van der Waals surface area (Å²) in [6.07, 6.45) is 0.959. The fourth-order valence-corrected chi connectivity index (χ4v) is 6.76. The monoisotopic (exact) mass is 496 g/mol. The van der Waals surface area contributed by atoms with E-state index in [-0.39, 0.29) is 0 Å². The molecule has 0 heterocycles. The third kappa shape index (κ3) is 3.31. The Morgan fingerprint density at radius 3 is 1.38 bits per heavy atom. The molecule has 0 saturated heterocycles. The molecule has 7 aromatic rings. The van der Waals surface area contributed by atoms with Gasteiger partial charge in [-0.15, -0.1) is 0 Å². The summed E-state index contributed by atoms with van der Waals surface area (Å²) in [7, 11) is 0. The van der Waals surface area contributed by atoms with Crippen molar-refractivity contribution in [1.82, 2.24) is 0 Å². The lowest BCUT2D eigenvalue weighted by Gasteiger charge is -2.14. The van der Waals surface area contributed by atoms with Gasteiger partial charge in [0.25, 0.3) is 0 Å². The summed E-state index contributed by atoms with van der Waals surface area (Å²) in [6.45, 7) is 4.40. The number of hydrogen-bond donors (Lipinski definition) is 0. The highest BCUT2D eigenvalue weighted by molar-refractivity contribution is 6.25. The maximum Gasteiger partial charge on any atom is -0.000112 e. The zero-order valence-electron chi connectivity index (χ0n) is 22.3. The molecule has 184 valence electrons. The van der Waals surface area contributed by atoms with Crippen LogP contribution in [0.1, 0.15) is 22.3 Å². The summed E-state index contributed by atoms with van der Waals surface area (Å²) in [5.41, 5.74) is 13.6. The first-order valence-corrected chi connectivity index (χ1v) is 13.8. The lowest BCUT2D eigenvalue weighted by Crippen LogP contribution is -1.91. The van der Waals surface area contributed by atoms with Crippen molar-refractivity contribution in [2.45, 2.75) is 20.3 Å². The molecule has 0 radical (unpaired) electrons. The van der Waals surface area contributed by atoms with E-state index in [0.29, 0.717) is 0 Å². The molecular weight excluding hydrogens is 468 g/mol. The van der Waals surface area contributed by atoms with Gasteiger partial charge in [-0.25, -0.2) is 0 Å². The third-order valence-corrected chi connectivity index (χ3v) is 8.87. The average Bonchev–Trinajstić information content (AvgIpc) is 3.38. The molecule has 0 bridgehead atoms. The van der Waals surface area contributed by atoms with Crippen molar-refractivity contribution in [3.05, 3.63) is 144 Å². The molecule has 39 heavy (non-hydrogen) atoms. The van der Waals surface area contributed by atoms with E-state index in [2.05, 4.69) is 135 Å². The highest BCUT2D eigenvalue weighted by atomic mass is 14.3. The van der Waals surface area contributed by atoms with Gasteiger partial charge in [-0.2, -0.15) is 0 Å². The minimum atomic E-state index is 0.959. The highest BCUT2D eigenvalue weighted by Gasteiger charge is 2.24. The third-order valence-electron chi connectivity index (χ3n) is 8.87. The summed E-state index contributed by atoms with van der Waals surface area (Å²) < 4.78 is 0. The molecule has 0 aliphatic heterocycles. The number of benzene rings is 7. The van der Waals surface area contributed by atoms with Gasteiger partial charge >= 0.3 is 0 Å². The molecule has 0 heteroatoms. The topological polar surface area (TPSA) is 0 Å². The van der Waals surface area contributed by atoms with Crippen LogP contribution in [0.3, 0.4) is 0 Å². The molecule has 0 nitrogen and oxygen atoms in total. The van der Waals surface area contributed by atoms with Gasteiger partial charge in [0.15, 0.2) is 0 Å². The zero-order chi connectivity index (χ0) is 26.1. The van der Waals surface area contributed by atoms with Crippen LogP contribution in [-0.4, -0.2) is 0 Å². The van der Waals surface area contributed by atoms with Crippen LogP contribution in [0.4, 0.5) is 0 Å². The SMILES string of the molecule is Cc1ccc(-c2cccc3c2Cc2c(-c4ccc5c6ccccc6c6ccccc6c5c4)cccc2-3)cc1C. The molecule has 1 aliphatic carbocycles. The maximum absolute atomic E-state index is 2.42. The van der Waals surface area contributed by atoms with Crippen LogP contribution in [0.5, 0.6) is 0 Å². The van der Waals surface area contributed by atoms with Crippen molar-refractivity contribution in [3.8, 4) is 33.4 Å². The fourth-order valence-electron chi connectivity index (χ4n) is 6.76. The Morgan fingerprint density at radius 2 is 0.821 bits per heavy atom. The van der Waals surface area contributed by atoms with E-state index in [4.69, 9.17) is 0 Å². The van der Waals surface area contributed by atoms with Crippen LogP contribution in [0.2, 0.25) is 0 Å². The smallest absolute Gasteiger partial charge is 0.000112 e. The number of aryl methyl sites for hydroxylation is 2. The molecule has 0 aromatic heterocycles. The number of fused-ring (bicyclic) bond motifs is 9. The van der Waals surface area contributed by atoms with Crippen LogP contribution in [0.15, 0.2) is 121 Å². The van der Waals surface area contributed by atoms with Gasteiger partial charge in [-0.05, 0) is 114 Å². The van der Waals surface area contributed by atoms with Crippen LogP contribution < -0.4 is 0 Å². The normalized spacial score (nSPS) is 12.3. The molecule has 0 saturated carbocycles. The summed E-state index contributed by atoms with van der Waals surface area (Å²) in [4.78, 5) is 0. The van der Waals surface area contributed by atoms with Crippen LogP contribution in [-0.2, 0) is 6.42 Å². The molecular formula is C39H28. The van der Waals surface area contributed by atoms with Gasteiger partial charge < -0.3 is 0 Å². The summed E-state index contributed by atoms with van der Waals surface area (Å²) >= 11 is 0. The molecule has 1 aliphatic rings. The highest BCUT2D eigenvalue weighted by Crippen LogP contribution is 2.46. The fraction of sp³-hybridized carbons (Fsp3) is 0.0769. The predicted octanol–water partition coefficient (Wildman–Crippen LogP) is 10.7. The second-order valence-electron chi connectivity index (χ2n) is 11.0. The Labute approximate surface area is 229 Å².